The zero-order chi connectivity index (χ0) is 20.7. The Bertz CT molecular complexity index is 768. The number of hydrogen-bond donors (Lipinski definition) is 2. The molecule has 0 aliphatic heterocycles. The molecule has 2 rings (SSSR count). The van der Waals surface area contributed by atoms with Gasteiger partial charge < -0.3 is 19.9 Å². The van der Waals surface area contributed by atoms with Crippen LogP contribution in [0.25, 0.3) is 0 Å². The van der Waals surface area contributed by atoms with Gasteiger partial charge in [0, 0.05) is 15.6 Å². The van der Waals surface area contributed by atoms with E-state index in [9.17, 15) is 9.90 Å². The van der Waals surface area contributed by atoms with Gasteiger partial charge in [0.1, 0.15) is 18.0 Å². The normalized spacial score (nSPS) is 12.4. The number of aliphatic hydroxyl groups is 1. The van der Waals surface area contributed by atoms with E-state index in [0.29, 0.717) is 22.2 Å². The minimum Gasteiger partial charge on any atom is -0.489 e. The summed E-state index contributed by atoms with van der Waals surface area (Å²) in [6.07, 6.45) is -0.0880. The van der Waals surface area contributed by atoms with E-state index in [0.717, 1.165) is 11.1 Å². The maximum atomic E-state index is 11.9. The van der Waals surface area contributed by atoms with Gasteiger partial charge in [-0.25, -0.2) is 4.79 Å². The van der Waals surface area contributed by atoms with Crippen molar-refractivity contribution in [2.45, 2.75) is 45.4 Å². The molecule has 0 aromatic heterocycles. The Hall–Kier alpha value is -1.95. The zero-order valence-corrected chi connectivity index (χ0v) is 17.7. The molecular formula is C21H25Cl2NO4. The van der Waals surface area contributed by atoms with Crippen molar-refractivity contribution in [1.82, 2.24) is 5.32 Å². The average Bonchev–Trinajstić information content (AvgIpc) is 2.60. The maximum Gasteiger partial charge on any atom is 0.407 e. The van der Waals surface area contributed by atoms with Gasteiger partial charge in [0.25, 0.3) is 0 Å². The van der Waals surface area contributed by atoms with E-state index < -0.39 is 17.7 Å². The molecule has 152 valence electrons. The molecule has 0 spiro atoms. The van der Waals surface area contributed by atoms with Gasteiger partial charge >= 0.3 is 6.09 Å². The predicted molar refractivity (Wildman–Crippen MR) is 111 cm³/mol. The lowest BCUT2D eigenvalue weighted by Crippen LogP contribution is -2.42. The van der Waals surface area contributed by atoms with Gasteiger partial charge in [-0.2, -0.15) is 0 Å². The van der Waals surface area contributed by atoms with Gasteiger partial charge in [-0.05, 0) is 57.0 Å². The summed E-state index contributed by atoms with van der Waals surface area (Å²) in [6, 6.07) is 12.3. The van der Waals surface area contributed by atoms with Crippen LogP contribution in [-0.4, -0.2) is 29.4 Å². The SMILES string of the molecule is CC(C)(C)OC(=O)N[C@H](CO)Cc1ccc(OCc2c(Cl)cccc2Cl)cc1. The first kappa shape index (κ1) is 22.3. The van der Waals surface area contributed by atoms with Crippen LogP contribution in [0.15, 0.2) is 42.5 Å². The average molecular weight is 426 g/mol. The number of halogens is 2. The second kappa shape index (κ2) is 10.0. The molecule has 1 atom stereocenters. The van der Waals surface area contributed by atoms with E-state index in [-0.39, 0.29) is 13.2 Å². The Labute approximate surface area is 175 Å². The Morgan fingerprint density at radius 1 is 1.11 bits per heavy atom. The van der Waals surface area contributed by atoms with Crippen molar-refractivity contribution >= 4 is 29.3 Å². The quantitative estimate of drug-likeness (QED) is 0.654. The first-order chi connectivity index (χ1) is 13.2. The van der Waals surface area contributed by atoms with Crippen molar-refractivity contribution in [2.24, 2.45) is 0 Å². The lowest BCUT2D eigenvalue weighted by atomic mass is 10.1. The number of hydrogen-bond acceptors (Lipinski definition) is 4. The minimum absolute atomic E-state index is 0.192. The van der Waals surface area contributed by atoms with Crippen molar-refractivity contribution in [3.8, 4) is 5.75 Å². The van der Waals surface area contributed by atoms with Gasteiger partial charge in [-0.3, -0.25) is 0 Å². The van der Waals surface area contributed by atoms with Crippen LogP contribution in [-0.2, 0) is 17.8 Å². The van der Waals surface area contributed by atoms with Crippen LogP contribution in [0.4, 0.5) is 4.79 Å². The molecule has 0 aliphatic rings. The maximum absolute atomic E-state index is 11.9. The van der Waals surface area contributed by atoms with Gasteiger partial charge in [-0.1, -0.05) is 41.4 Å². The molecule has 0 saturated heterocycles. The van der Waals surface area contributed by atoms with Crippen molar-refractivity contribution in [3.63, 3.8) is 0 Å². The van der Waals surface area contributed by atoms with E-state index in [1.165, 1.54) is 0 Å². The molecule has 0 saturated carbocycles. The van der Waals surface area contributed by atoms with Crippen LogP contribution in [0.1, 0.15) is 31.9 Å². The van der Waals surface area contributed by atoms with E-state index >= 15 is 0 Å². The molecule has 2 aromatic rings. The molecule has 0 bridgehead atoms. The molecule has 0 fully saturated rings. The third-order valence-corrected chi connectivity index (χ3v) is 4.50. The highest BCUT2D eigenvalue weighted by Gasteiger charge is 2.19. The van der Waals surface area contributed by atoms with E-state index in [2.05, 4.69) is 5.32 Å². The number of carbonyl (C=O) groups excluding carboxylic acids is 1. The Morgan fingerprint density at radius 3 is 2.25 bits per heavy atom. The van der Waals surface area contributed by atoms with Crippen molar-refractivity contribution in [3.05, 3.63) is 63.6 Å². The number of amides is 1. The molecule has 0 radical (unpaired) electrons. The molecule has 28 heavy (non-hydrogen) atoms. The van der Waals surface area contributed by atoms with Gasteiger partial charge in [0.05, 0.1) is 12.6 Å². The van der Waals surface area contributed by atoms with Crippen LogP contribution >= 0.6 is 23.2 Å². The van der Waals surface area contributed by atoms with Crippen LogP contribution in [0, 0.1) is 0 Å². The summed E-state index contributed by atoms with van der Waals surface area (Å²) in [6.45, 7) is 5.43. The number of rotatable bonds is 7. The summed E-state index contributed by atoms with van der Waals surface area (Å²) in [4.78, 5) is 11.9. The summed E-state index contributed by atoms with van der Waals surface area (Å²) in [5.41, 5.74) is 1.09. The summed E-state index contributed by atoms with van der Waals surface area (Å²) in [7, 11) is 0. The third kappa shape index (κ3) is 7.23. The fraction of sp³-hybridized carbons (Fsp3) is 0.381. The smallest absolute Gasteiger partial charge is 0.407 e. The van der Waals surface area contributed by atoms with E-state index in [4.69, 9.17) is 32.7 Å². The Balaban J connectivity index is 1.91. The van der Waals surface area contributed by atoms with Gasteiger partial charge in [0.2, 0.25) is 0 Å². The number of ether oxygens (including phenoxy) is 2. The summed E-state index contributed by atoms with van der Waals surface area (Å²) >= 11 is 12.3. The number of aliphatic hydroxyl groups excluding tert-OH is 1. The molecule has 7 heteroatoms. The third-order valence-electron chi connectivity index (χ3n) is 3.79. The highest BCUT2D eigenvalue weighted by molar-refractivity contribution is 6.35. The van der Waals surface area contributed by atoms with Crippen molar-refractivity contribution < 1.29 is 19.4 Å². The lowest BCUT2D eigenvalue weighted by Gasteiger charge is -2.22. The van der Waals surface area contributed by atoms with E-state index in [1.54, 1.807) is 39.0 Å². The summed E-state index contributed by atoms with van der Waals surface area (Å²) in [5.74, 6) is 0.667. The van der Waals surface area contributed by atoms with Crippen LogP contribution < -0.4 is 10.1 Å². The monoisotopic (exact) mass is 425 g/mol. The molecule has 2 aromatic carbocycles. The van der Waals surface area contributed by atoms with Crippen LogP contribution in [0.3, 0.4) is 0 Å². The highest BCUT2D eigenvalue weighted by atomic mass is 35.5. The molecule has 1 amide bonds. The van der Waals surface area contributed by atoms with Crippen molar-refractivity contribution in [1.29, 1.82) is 0 Å². The fourth-order valence-corrected chi connectivity index (χ4v) is 2.97. The fourth-order valence-electron chi connectivity index (χ4n) is 2.47. The number of carbonyl (C=O) groups is 1. The second-order valence-corrected chi connectivity index (χ2v) is 8.18. The number of nitrogens with one attached hydrogen (secondary N) is 1. The number of benzene rings is 2. The lowest BCUT2D eigenvalue weighted by molar-refractivity contribution is 0.0483. The van der Waals surface area contributed by atoms with Gasteiger partial charge in [-0.15, -0.1) is 0 Å². The van der Waals surface area contributed by atoms with Crippen LogP contribution in [0.2, 0.25) is 10.0 Å². The van der Waals surface area contributed by atoms with Crippen LogP contribution in [0.5, 0.6) is 5.75 Å². The Morgan fingerprint density at radius 2 is 1.71 bits per heavy atom. The summed E-state index contributed by atoms with van der Waals surface area (Å²) in [5, 5.41) is 13.3. The zero-order valence-electron chi connectivity index (χ0n) is 16.2. The van der Waals surface area contributed by atoms with Crippen molar-refractivity contribution in [2.75, 3.05) is 6.61 Å². The summed E-state index contributed by atoms with van der Waals surface area (Å²) < 4.78 is 11.0. The standard InChI is InChI=1S/C21H25Cl2NO4/c1-21(2,3)28-20(26)24-15(12-25)11-14-7-9-16(10-8-14)27-13-17-18(22)5-4-6-19(17)23/h4-10,15,25H,11-13H2,1-3H3,(H,24,26)/t15-/m0/s1. The topological polar surface area (TPSA) is 67.8 Å². The molecule has 2 N–H and O–H groups in total. The Kier molecular flexibility index (Phi) is 7.98. The molecule has 0 aliphatic carbocycles. The molecule has 0 unspecified atom stereocenters. The number of alkyl carbamates (subject to hydrolysis) is 1. The first-order valence-electron chi connectivity index (χ1n) is 8.93. The van der Waals surface area contributed by atoms with E-state index in [1.807, 2.05) is 24.3 Å². The highest BCUT2D eigenvalue weighted by Crippen LogP contribution is 2.26. The minimum atomic E-state index is -0.590. The predicted octanol–water partition coefficient (Wildman–Crippen LogP) is 5.00. The first-order valence-corrected chi connectivity index (χ1v) is 9.68. The molecule has 0 heterocycles. The van der Waals surface area contributed by atoms with Gasteiger partial charge in [0.15, 0.2) is 0 Å². The molecule has 5 nitrogen and oxygen atoms in total. The molecular weight excluding hydrogens is 401 g/mol. The second-order valence-electron chi connectivity index (χ2n) is 7.36. The largest absolute Gasteiger partial charge is 0.489 e.